The minimum atomic E-state index is -0.631. The third-order valence-corrected chi connectivity index (χ3v) is 4.11. The van der Waals surface area contributed by atoms with E-state index in [2.05, 4.69) is 10.3 Å². The Labute approximate surface area is 126 Å². The molecule has 0 bridgehead atoms. The zero-order valence-corrected chi connectivity index (χ0v) is 11.9. The van der Waals surface area contributed by atoms with Crippen molar-refractivity contribution in [3.8, 4) is 0 Å². The van der Waals surface area contributed by atoms with Crippen LogP contribution >= 0.6 is 23.1 Å². The van der Waals surface area contributed by atoms with Crippen molar-refractivity contribution in [2.45, 2.75) is 0 Å². The number of carbonyl (C=O) groups excluding carboxylic acids is 1. The largest absolute Gasteiger partial charge is 0.433 e. The topological polar surface area (TPSA) is 97.7 Å². The number of rotatable bonds is 3. The SMILES string of the molecule is O=C1NC(=Nc2cccs2)S/C1=C\c1ccc([N+](=O)[O-])o1. The number of nitro groups is 1. The lowest BCUT2D eigenvalue weighted by molar-refractivity contribution is -0.402. The van der Waals surface area contributed by atoms with Crippen LogP contribution in [0.15, 0.2) is 44.0 Å². The highest BCUT2D eigenvalue weighted by atomic mass is 32.2. The van der Waals surface area contributed by atoms with E-state index in [0.29, 0.717) is 10.1 Å². The van der Waals surface area contributed by atoms with Gasteiger partial charge in [0.1, 0.15) is 15.7 Å². The van der Waals surface area contributed by atoms with Crippen LogP contribution in [0.25, 0.3) is 6.08 Å². The average molecular weight is 321 g/mol. The van der Waals surface area contributed by atoms with E-state index < -0.39 is 4.92 Å². The molecule has 0 aromatic carbocycles. The van der Waals surface area contributed by atoms with Crippen LogP contribution in [-0.4, -0.2) is 16.0 Å². The first kappa shape index (κ1) is 13.6. The number of carbonyl (C=O) groups is 1. The van der Waals surface area contributed by atoms with Crippen LogP contribution in [0.3, 0.4) is 0 Å². The zero-order valence-electron chi connectivity index (χ0n) is 10.3. The lowest BCUT2D eigenvalue weighted by atomic mass is 10.4. The van der Waals surface area contributed by atoms with Gasteiger partial charge in [-0.3, -0.25) is 14.9 Å². The number of nitrogens with zero attached hydrogens (tertiary/aromatic N) is 2. The molecule has 0 saturated carbocycles. The van der Waals surface area contributed by atoms with Crippen molar-refractivity contribution in [3.05, 3.63) is 50.4 Å². The summed E-state index contributed by atoms with van der Waals surface area (Å²) in [4.78, 5) is 26.4. The first-order valence-electron chi connectivity index (χ1n) is 5.69. The van der Waals surface area contributed by atoms with E-state index in [0.717, 1.165) is 16.8 Å². The van der Waals surface area contributed by atoms with Gasteiger partial charge < -0.3 is 9.73 Å². The summed E-state index contributed by atoms with van der Waals surface area (Å²) in [7, 11) is 0. The number of amidine groups is 1. The summed E-state index contributed by atoms with van der Waals surface area (Å²) in [6.45, 7) is 0. The fourth-order valence-electron chi connectivity index (χ4n) is 1.56. The Bertz CT molecular complexity index is 761. The minimum absolute atomic E-state index is 0.247. The summed E-state index contributed by atoms with van der Waals surface area (Å²) in [6, 6.07) is 6.38. The molecule has 1 fully saturated rings. The van der Waals surface area contributed by atoms with E-state index in [-0.39, 0.29) is 17.6 Å². The van der Waals surface area contributed by atoms with Gasteiger partial charge in [-0.15, -0.1) is 11.3 Å². The van der Waals surface area contributed by atoms with Crippen molar-refractivity contribution in [2.75, 3.05) is 0 Å². The Balaban J connectivity index is 1.81. The van der Waals surface area contributed by atoms with Crippen molar-refractivity contribution < 1.29 is 14.1 Å². The summed E-state index contributed by atoms with van der Waals surface area (Å²) < 4.78 is 4.99. The van der Waals surface area contributed by atoms with Gasteiger partial charge in [0.05, 0.1) is 11.0 Å². The molecule has 1 amide bonds. The molecule has 106 valence electrons. The van der Waals surface area contributed by atoms with Gasteiger partial charge in [0.2, 0.25) is 0 Å². The minimum Gasteiger partial charge on any atom is -0.401 e. The fraction of sp³-hybridized carbons (Fsp3) is 0. The molecule has 0 spiro atoms. The van der Waals surface area contributed by atoms with E-state index in [9.17, 15) is 14.9 Å². The second-order valence-corrected chi connectivity index (χ2v) is 5.82. The number of aliphatic imine (C=N–C) groups is 1. The average Bonchev–Trinajstić information content (AvgIpc) is 3.13. The molecule has 0 atom stereocenters. The van der Waals surface area contributed by atoms with E-state index in [4.69, 9.17) is 4.42 Å². The van der Waals surface area contributed by atoms with Crippen molar-refractivity contribution in [1.82, 2.24) is 5.32 Å². The van der Waals surface area contributed by atoms with E-state index >= 15 is 0 Å². The smallest absolute Gasteiger partial charge is 0.401 e. The van der Waals surface area contributed by atoms with Crippen molar-refractivity contribution in [2.24, 2.45) is 4.99 Å². The number of nitrogens with one attached hydrogen (secondary N) is 1. The van der Waals surface area contributed by atoms with Crippen LogP contribution in [0.1, 0.15) is 5.76 Å². The van der Waals surface area contributed by atoms with E-state index in [1.807, 2.05) is 17.5 Å². The molecule has 0 radical (unpaired) electrons. The quantitative estimate of drug-likeness (QED) is 0.532. The first-order chi connectivity index (χ1) is 10.1. The third-order valence-electron chi connectivity index (χ3n) is 2.43. The van der Waals surface area contributed by atoms with Gasteiger partial charge in [0.25, 0.3) is 5.91 Å². The zero-order chi connectivity index (χ0) is 14.8. The molecule has 2 aromatic rings. The van der Waals surface area contributed by atoms with Crippen LogP contribution < -0.4 is 5.32 Å². The van der Waals surface area contributed by atoms with Gasteiger partial charge in [-0.25, -0.2) is 4.99 Å². The molecule has 1 saturated heterocycles. The predicted octanol–water partition coefficient (Wildman–Crippen LogP) is 3.14. The highest BCUT2D eigenvalue weighted by Gasteiger charge is 2.24. The lowest BCUT2D eigenvalue weighted by Gasteiger charge is -1.90. The molecule has 0 unspecified atom stereocenters. The number of thiophene rings is 1. The molecule has 1 aliphatic heterocycles. The lowest BCUT2D eigenvalue weighted by Crippen LogP contribution is -2.19. The molecule has 7 nitrogen and oxygen atoms in total. The van der Waals surface area contributed by atoms with Gasteiger partial charge in [-0.05, 0) is 35.3 Å². The maximum Gasteiger partial charge on any atom is 0.433 e. The molecular weight excluding hydrogens is 314 g/mol. The second-order valence-electron chi connectivity index (χ2n) is 3.87. The molecule has 1 aliphatic rings. The summed E-state index contributed by atoms with van der Waals surface area (Å²) in [6.07, 6.45) is 1.45. The van der Waals surface area contributed by atoms with Gasteiger partial charge in [0, 0.05) is 6.08 Å². The molecule has 3 heterocycles. The maximum absolute atomic E-state index is 11.8. The molecular formula is C12H7N3O4S2. The first-order valence-corrected chi connectivity index (χ1v) is 7.39. The monoisotopic (exact) mass is 321 g/mol. The summed E-state index contributed by atoms with van der Waals surface area (Å²) >= 11 is 2.61. The summed E-state index contributed by atoms with van der Waals surface area (Å²) in [5, 5.41) is 16.3. The Kier molecular flexibility index (Phi) is 3.59. The molecule has 1 N–H and O–H groups in total. The number of amides is 1. The van der Waals surface area contributed by atoms with Gasteiger partial charge in [-0.2, -0.15) is 0 Å². The van der Waals surface area contributed by atoms with Crippen molar-refractivity contribution in [3.63, 3.8) is 0 Å². The maximum atomic E-state index is 11.8. The molecule has 9 heteroatoms. The van der Waals surface area contributed by atoms with Gasteiger partial charge in [0.15, 0.2) is 5.17 Å². The number of thioether (sulfide) groups is 1. The molecule has 2 aromatic heterocycles. The number of hydrogen-bond acceptors (Lipinski definition) is 7. The molecule has 0 aliphatic carbocycles. The number of hydrogen-bond donors (Lipinski definition) is 1. The van der Waals surface area contributed by atoms with Crippen molar-refractivity contribution in [1.29, 1.82) is 0 Å². The Morgan fingerprint density at radius 2 is 2.24 bits per heavy atom. The fourth-order valence-corrected chi connectivity index (χ4v) is 3.03. The Hall–Kier alpha value is -2.39. The summed E-state index contributed by atoms with van der Waals surface area (Å²) in [5.41, 5.74) is 0. The molecule has 3 rings (SSSR count). The standard InChI is InChI=1S/C12H7N3O4S2/c16-11-8(6-7-3-4-10(19-7)15(17)18)21-12(14-11)13-9-2-1-5-20-9/h1-6H,(H,13,14,16)/b8-6-. The second kappa shape index (κ2) is 5.54. The van der Waals surface area contributed by atoms with E-state index in [1.54, 1.807) is 0 Å². The third kappa shape index (κ3) is 3.03. The molecule has 21 heavy (non-hydrogen) atoms. The van der Waals surface area contributed by atoms with Crippen LogP contribution in [0.2, 0.25) is 0 Å². The normalized spacial score (nSPS) is 18.4. The van der Waals surface area contributed by atoms with Crippen LogP contribution in [0.5, 0.6) is 0 Å². The highest BCUT2D eigenvalue weighted by molar-refractivity contribution is 8.18. The highest BCUT2D eigenvalue weighted by Crippen LogP contribution is 2.30. The predicted molar refractivity (Wildman–Crippen MR) is 80.5 cm³/mol. The Morgan fingerprint density at radius 3 is 2.90 bits per heavy atom. The number of furan rings is 1. The van der Waals surface area contributed by atoms with Crippen molar-refractivity contribution >= 4 is 51.1 Å². The van der Waals surface area contributed by atoms with Gasteiger partial charge in [-0.1, -0.05) is 0 Å². The Morgan fingerprint density at radius 1 is 1.38 bits per heavy atom. The van der Waals surface area contributed by atoms with Crippen LogP contribution in [0.4, 0.5) is 10.9 Å². The van der Waals surface area contributed by atoms with Crippen LogP contribution in [-0.2, 0) is 4.79 Å². The van der Waals surface area contributed by atoms with E-state index in [1.165, 1.54) is 29.5 Å². The summed E-state index contributed by atoms with van der Waals surface area (Å²) in [5.74, 6) is -0.427. The van der Waals surface area contributed by atoms with Crippen LogP contribution in [0, 0.1) is 10.1 Å². The van der Waals surface area contributed by atoms with Gasteiger partial charge >= 0.3 is 5.88 Å².